The number of anilines is 1. The molecule has 2 fully saturated rings. The van der Waals surface area contributed by atoms with Crippen molar-refractivity contribution in [2.75, 3.05) is 37.7 Å². The Kier molecular flexibility index (Phi) is 4.96. The normalized spacial score (nSPS) is 23.9. The summed E-state index contributed by atoms with van der Waals surface area (Å²) < 4.78 is 6.27. The summed E-state index contributed by atoms with van der Waals surface area (Å²) in [6.45, 7) is 6.04. The van der Waals surface area contributed by atoms with E-state index in [9.17, 15) is 4.79 Å². The standard InChI is InChI=1S/C20H25N3O2S/c1-16-13-17(26-14-16)19(24)22-9-4-6-20(7-10-22)15-23(11-12-25-20)18-5-2-3-8-21-18/h2-3,5,8,13-14H,4,6-7,9-12,15H2,1H3. The van der Waals surface area contributed by atoms with Gasteiger partial charge in [-0.05, 0) is 55.3 Å². The number of likely N-dealkylation sites (tertiary alicyclic amines) is 1. The summed E-state index contributed by atoms with van der Waals surface area (Å²) in [5.74, 6) is 1.18. The third-order valence-electron chi connectivity index (χ3n) is 5.35. The molecule has 0 bridgehead atoms. The predicted molar refractivity (Wildman–Crippen MR) is 104 cm³/mol. The summed E-state index contributed by atoms with van der Waals surface area (Å²) >= 11 is 1.54. The van der Waals surface area contributed by atoms with Crippen molar-refractivity contribution in [3.63, 3.8) is 0 Å². The molecule has 138 valence electrons. The number of aryl methyl sites for hydroxylation is 1. The number of carbonyl (C=O) groups excluding carboxylic acids is 1. The highest BCUT2D eigenvalue weighted by Crippen LogP contribution is 2.32. The molecular formula is C20H25N3O2S. The zero-order chi connectivity index (χ0) is 18.0. The Balaban J connectivity index is 1.45. The Morgan fingerprint density at radius 1 is 1.27 bits per heavy atom. The van der Waals surface area contributed by atoms with Crippen LogP contribution in [0.3, 0.4) is 0 Å². The molecule has 1 spiro atoms. The number of hydrogen-bond donors (Lipinski definition) is 0. The van der Waals surface area contributed by atoms with Crippen LogP contribution in [0.5, 0.6) is 0 Å². The van der Waals surface area contributed by atoms with E-state index in [-0.39, 0.29) is 11.5 Å². The quantitative estimate of drug-likeness (QED) is 0.812. The highest BCUT2D eigenvalue weighted by Gasteiger charge is 2.39. The maximum Gasteiger partial charge on any atom is 0.263 e. The Labute approximate surface area is 158 Å². The summed E-state index contributed by atoms with van der Waals surface area (Å²) in [4.78, 5) is 22.5. The van der Waals surface area contributed by atoms with Gasteiger partial charge in [0.2, 0.25) is 0 Å². The molecule has 2 aromatic heterocycles. The predicted octanol–water partition coefficient (Wildman–Crippen LogP) is 3.35. The molecule has 0 radical (unpaired) electrons. The minimum Gasteiger partial charge on any atom is -0.371 e. The molecule has 26 heavy (non-hydrogen) atoms. The highest BCUT2D eigenvalue weighted by atomic mass is 32.1. The highest BCUT2D eigenvalue weighted by molar-refractivity contribution is 7.12. The second-order valence-corrected chi connectivity index (χ2v) is 8.19. The number of amides is 1. The zero-order valence-corrected chi connectivity index (χ0v) is 16.0. The lowest BCUT2D eigenvalue weighted by Crippen LogP contribution is -2.52. The second-order valence-electron chi connectivity index (χ2n) is 7.28. The smallest absolute Gasteiger partial charge is 0.263 e. The minimum absolute atomic E-state index is 0.164. The van der Waals surface area contributed by atoms with Gasteiger partial charge in [0.05, 0.1) is 17.1 Å². The van der Waals surface area contributed by atoms with E-state index in [2.05, 4.69) is 16.0 Å². The summed E-state index contributed by atoms with van der Waals surface area (Å²) in [5, 5.41) is 2.04. The van der Waals surface area contributed by atoms with E-state index < -0.39 is 0 Å². The van der Waals surface area contributed by atoms with Gasteiger partial charge in [0.25, 0.3) is 5.91 Å². The molecule has 2 aromatic rings. The Morgan fingerprint density at radius 3 is 2.96 bits per heavy atom. The SMILES string of the molecule is Cc1csc(C(=O)N2CCCC3(CC2)CN(c2ccccn2)CCO3)c1. The van der Waals surface area contributed by atoms with E-state index in [0.717, 1.165) is 61.7 Å². The van der Waals surface area contributed by atoms with Crippen LogP contribution in [0.15, 0.2) is 35.8 Å². The van der Waals surface area contributed by atoms with Crippen molar-refractivity contribution in [1.82, 2.24) is 9.88 Å². The number of rotatable bonds is 2. The summed E-state index contributed by atoms with van der Waals surface area (Å²) in [6.07, 6.45) is 4.69. The number of nitrogens with zero attached hydrogens (tertiary/aromatic N) is 3. The van der Waals surface area contributed by atoms with Crippen molar-refractivity contribution >= 4 is 23.1 Å². The van der Waals surface area contributed by atoms with E-state index in [1.165, 1.54) is 0 Å². The van der Waals surface area contributed by atoms with Gasteiger partial charge in [-0.15, -0.1) is 11.3 Å². The van der Waals surface area contributed by atoms with Crippen LogP contribution < -0.4 is 4.90 Å². The van der Waals surface area contributed by atoms with Crippen molar-refractivity contribution in [2.24, 2.45) is 0 Å². The van der Waals surface area contributed by atoms with Gasteiger partial charge in [0.1, 0.15) is 5.82 Å². The van der Waals surface area contributed by atoms with Crippen LogP contribution in [0.1, 0.15) is 34.5 Å². The summed E-state index contributed by atoms with van der Waals surface area (Å²) in [6, 6.07) is 8.03. The lowest BCUT2D eigenvalue weighted by Gasteiger charge is -2.43. The zero-order valence-electron chi connectivity index (χ0n) is 15.2. The van der Waals surface area contributed by atoms with Crippen LogP contribution in [0, 0.1) is 6.92 Å². The first-order valence-corrected chi connectivity index (χ1v) is 10.2. The molecule has 2 aliphatic heterocycles. The molecule has 0 aliphatic carbocycles. The molecule has 0 saturated carbocycles. The minimum atomic E-state index is -0.170. The Bertz CT molecular complexity index is 763. The Morgan fingerprint density at radius 2 is 2.19 bits per heavy atom. The number of hydrogen-bond acceptors (Lipinski definition) is 5. The first-order valence-electron chi connectivity index (χ1n) is 9.30. The van der Waals surface area contributed by atoms with Crippen LogP contribution >= 0.6 is 11.3 Å². The van der Waals surface area contributed by atoms with Crippen LogP contribution in [-0.4, -0.2) is 54.2 Å². The van der Waals surface area contributed by atoms with E-state index in [1.807, 2.05) is 41.6 Å². The number of ether oxygens (including phenoxy) is 1. The molecule has 2 aliphatic rings. The average Bonchev–Trinajstić information content (AvgIpc) is 3.01. The first kappa shape index (κ1) is 17.5. The monoisotopic (exact) mass is 371 g/mol. The molecule has 4 rings (SSSR count). The molecular weight excluding hydrogens is 346 g/mol. The van der Waals surface area contributed by atoms with Gasteiger partial charge in [-0.2, -0.15) is 0 Å². The van der Waals surface area contributed by atoms with E-state index in [1.54, 1.807) is 11.3 Å². The third-order valence-corrected chi connectivity index (χ3v) is 6.38. The topological polar surface area (TPSA) is 45.7 Å². The van der Waals surface area contributed by atoms with E-state index in [0.29, 0.717) is 6.61 Å². The van der Waals surface area contributed by atoms with Crippen molar-refractivity contribution < 1.29 is 9.53 Å². The van der Waals surface area contributed by atoms with Gasteiger partial charge < -0.3 is 14.5 Å². The van der Waals surface area contributed by atoms with Crippen molar-refractivity contribution in [3.05, 3.63) is 46.3 Å². The van der Waals surface area contributed by atoms with Crippen LogP contribution in [-0.2, 0) is 4.74 Å². The van der Waals surface area contributed by atoms with Crippen molar-refractivity contribution in [1.29, 1.82) is 0 Å². The number of thiophene rings is 1. The van der Waals surface area contributed by atoms with Crippen LogP contribution in [0.4, 0.5) is 5.82 Å². The van der Waals surface area contributed by atoms with Gasteiger partial charge in [-0.1, -0.05) is 6.07 Å². The van der Waals surface area contributed by atoms with Gasteiger partial charge in [-0.3, -0.25) is 4.79 Å². The largest absolute Gasteiger partial charge is 0.371 e. The molecule has 0 N–H and O–H groups in total. The lowest BCUT2D eigenvalue weighted by atomic mass is 9.92. The molecule has 4 heterocycles. The fourth-order valence-corrected chi connectivity index (χ4v) is 4.82. The fraction of sp³-hybridized carbons (Fsp3) is 0.500. The van der Waals surface area contributed by atoms with Gasteiger partial charge >= 0.3 is 0 Å². The maximum atomic E-state index is 12.8. The molecule has 1 unspecified atom stereocenters. The van der Waals surface area contributed by atoms with Crippen LogP contribution in [0.25, 0.3) is 0 Å². The molecule has 1 atom stereocenters. The first-order chi connectivity index (χ1) is 12.7. The number of aromatic nitrogens is 1. The maximum absolute atomic E-state index is 12.8. The number of carbonyl (C=O) groups is 1. The molecule has 0 aromatic carbocycles. The average molecular weight is 372 g/mol. The molecule has 6 heteroatoms. The van der Waals surface area contributed by atoms with Crippen LogP contribution in [0.2, 0.25) is 0 Å². The Hall–Kier alpha value is -1.92. The number of pyridine rings is 1. The van der Waals surface area contributed by atoms with E-state index in [4.69, 9.17) is 4.74 Å². The molecule has 2 saturated heterocycles. The second kappa shape index (κ2) is 7.37. The lowest BCUT2D eigenvalue weighted by molar-refractivity contribution is -0.0643. The molecule has 5 nitrogen and oxygen atoms in total. The van der Waals surface area contributed by atoms with Gasteiger partial charge in [0, 0.05) is 32.4 Å². The van der Waals surface area contributed by atoms with Crippen molar-refractivity contribution in [3.8, 4) is 0 Å². The summed E-state index contributed by atoms with van der Waals surface area (Å²) in [7, 11) is 0. The third kappa shape index (κ3) is 3.62. The van der Waals surface area contributed by atoms with E-state index >= 15 is 0 Å². The molecule has 1 amide bonds. The van der Waals surface area contributed by atoms with Gasteiger partial charge in [0.15, 0.2) is 0 Å². The van der Waals surface area contributed by atoms with Crippen molar-refractivity contribution in [2.45, 2.75) is 31.8 Å². The number of morpholine rings is 1. The van der Waals surface area contributed by atoms with Gasteiger partial charge in [-0.25, -0.2) is 4.98 Å². The fourth-order valence-electron chi connectivity index (χ4n) is 3.95. The summed E-state index contributed by atoms with van der Waals surface area (Å²) in [5.41, 5.74) is 0.988.